The third-order valence-electron chi connectivity index (χ3n) is 7.32. The number of amides is 2. The third kappa shape index (κ3) is 5.94. The number of hydrogen-bond donors (Lipinski definition) is 2. The number of carbonyl (C=O) groups excluding carboxylic acids is 2. The number of nitrogens with one attached hydrogen (secondary N) is 1. The summed E-state index contributed by atoms with van der Waals surface area (Å²) in [5.41, 5.74) is 9.51. The molecule has 0 bridgehead atoms. The molecule has 0 radical (unpaired) electrons. The zero-order valence-corrected chi connectivity index (χ0v) is 24.2. The van der Waals surface area contributed by atoms with Crippen LogP contribution >= 0.6 is 0 Å². The van der Waals surface area contributed by atoms with Crippen LogP contribution in [-0.4, -0.2) is 47.0 Å². The van der Waals surface area contributed by atoms with E-state index in [1.807, 2.05) is 30.3 Å². The molecule has 1 heterocycles. The van der Waals surface area contributed by atoms with Gasteiger partial charge in [-0.05, 0) is 78.2 Å². The number of methoxy groups -OCH3 is 1. The highest BCUT2D eigenvalue weighted by Gasteiger charge is 2.32. The average molecular weight is 585 g/mol. The summed E-state index contributed by atoms with van der Waals surface area (Å²) >= 11 is 0. The molecule has 0 aliphatic carbocycles. The highest BCUT2D eigenvalue weighted by molar-refractivity contribution is 7.92. The molecule has 0 spiro atoms. The van der Waals surface area contributed by atoms with Gasteiger partial charge in [-0.1, -0.05) is 36.4 Å². The molecule has 0 aromatic heterocycles. The largest absolute Gasteiger partial charge is 0.497 e. The number of ether oxygens (including phenoxy) is 1. The van der Waals surface area contributed by atoms with Gasteiger partial charge in [-0.25, -0.2) is 8.42 Å². The van der Waals surface area contributed by atoms with Crippen LogP contribution in [-0.2, 0) is 27.7 Å². The number of anilines is 3. The van der Waals surface area contributed by atoms with E-state index in [1.165, 1.54) is 33.5 Å². The van der Waals surface area contributed by atoms with Crippen molar-refractivity contribution in [2.24, 2.45) is 0 Å². The lowest BCUT2D eigenvalue weighted by Gasteiger charge is -2.25. The molecule has 1 aliphatic rings. The summed E-state index contributed by atoms with van der Waals surface area (Å²) in [7, 11) is -0.735. The first-order valence-electron chi connectivity index (χ1n) is 13.4. The molecule has 0 saturated heterocycles. The van der Waals surface area contributed by atoms with E-state index in [2.05, 4.69) is 5.32 Å². The Morgan fingerprint density at radius 1 is 0.976 bits per heavy atom. The number of nitrogens with zero attached hydrogens (tertiary/aromatic N) is 2. The lowest BCUT2D eigenvalue weighted by Crippen LogP contribution is -2.48. The number of nitrogens with two attached hydrogens (primary N) is 1. The Labute approximate surface area is 245 Å². The van der Waals surface area contributed by atoms with Crippen LogP contribution in [0.2, 0.25) is 0 Å². The van der Waals surface area contributed by atoms with Crippen LogP contribution in [0.25, 0.3) is 0 Å². The molecule has 5 rings (SSSR count). The van der Waals surface area contributed by atoms with E-state index >= 15 is 0 Å². The van der Waals surface area contributed by atoms with E-state index in [9.17, 15) is 18.0 Å². The van der Waals surface area contributed by atoms with Crippen molar-refractivity contribution in [2.45, 2.75) is 23.8 Å². The van der Waals surface area contributed by atoms with Crippen molar-refractivity contribution in [3.63, 3.8) is 0 Å². The summed E-state index contributed by atoms with van der Waals surface area (Å²) < 4.78 is 33.8. The Morgan fingerprint density at radius 3 is 2.43 bits per heavy atom. The molecule has 0 unspecified atom stereocenters. The molecule has 10 heteroatoms. The highest BCUT2D eigenvalue weighted by atomic mass is 32.2. The van der Waals surface area contributed by atoms with Gasteiger partial charge in [0, 0.05) is 37.0 Å². The van der Waals surface area contributed by atoms with Crippen LogP contribution in [0.4, 0.5) is 17.1 Å². The van der Waals surface area contributed by atoms with Gasteiger partial charge < -0.3 is 20.7 Å². The molecule has 9 nitrogen and oxygen atoms in total. The second-order valence-corrected chi connectivity index (χ2v) is 11.9. The molecular weight excluding hydrogens is 552 g/mol. The van der Waals surface area contributed by atoms with Gasteiger partial charge in [0.15, 0.2) is 0 Å². The molecule has 42 heavy (non-hydrogen) atoms. The molecule has 0 saturated carbocycles. The van der Waals surface area contributed by atoms with Crippen molar-refractivity contribution < 1.29 is 22.7 Å². The van der Waals surface area contributed by atoms with Gasteiger partial charge in [0.1, 0.15) is 11.8 Å². The van der Waals surface area contributed by atoms with E-state index in [1.54, 1.807) is 56.6 Å². The maximum Gasteiger partial charge on any atom is 0.264 e. The standard InChI is InChI=1S/C32H32N4O5S/c1-35(26-12-14-27(41-2)15-13-26)32(38)29(19-22-7-4-3-5-8-22)34-31(37)24-9-6-10-28(21-24)42(39,40)36-18-17-23-20-25(33)11-16-30(23)36/h3-16,20-21,29H,17-19,33H2,1-2H3,(H,34,37)/t29-/m0/s1. The predicted molar refractivity (Wildman–Crippen MR) is 163 cm³/mol. The van der Waals surface area contributed by atoms with Crippen molar-refractivity contribution in [1.29, 1.82) is 0 Å². The topological polar surface area (TPSA) is 122 Å². The van der Waals surface area contributed by atoms with Crippen LogP contribution in [0.3, 0.4) is 0 Å². The summed E-state index contributed by atoms with van der Waals surface area (Å²) in [4.78, 5) is 28.7. The van der Waals surface area contributed by atoms with Crippen LogP contribution in [0.5, 0.6) is 5.75 Å². The normalized spacial score (nSPS) is 13.2. The summed E-state index contributed by atoms with van der Waals surface area (Å²) in [6.45, 7) is 0.281. The van der Waals surface area contributed by atoms with Crippen LogP contribution in [0.15, 0.2) is 102 Å². The zero-order valence-electron chi connectivity index (χ0n) is 23.4. The fourth-order valence-electron chi connectivity index (χ4n) is 5.02. The summed E-state index contributed by atoms with van der Waals surface area (Å²) in [5, 5.41) is 2.85. The number of hydrogen-bond acceptors (Lipinski definition) is 6. The minimum absolute atomic E-state index is 0.0129. The smallest absolute Gasteiger partial charge is 0.264 e. The number of likely N-dealkylation sites (N-methyl/N-ethyl adjacent to an activating group) is 1. The second kappa shape index (κ2) is 12.0. The van der Waals surface area contributed by atoms with Crippen molar-refractivity contribution in [3.8, 4) is 5.75 Å². The zero-order chi connectivity index (χ0) is 29.9. The van der Waals surface area contributed by atoms with Crippen molar-refractivity contribution in [2.75, 3.05) is 35.6 Å². The lowest BCUT2D eigenvalue weighted by molar-refractivity contribution is -0.120. The number of rotatable bonds is 9. The Morgan fingerprint density at radius 2 is 1.71 bits per heavy atom. The number of nitrogen functional groups attached to an aromatic ring is 1. The Hall–Kier alpha value is -4.83. The van der Waals surface area contributed by atoms with Crippen molar-refractivity contribution in [1.82, 2.24) is 5.32 Å². The molecule has 4 aromatic carbocycles. The maximum atomic E-state index is 13.7. The van der Waals surface area contributed by atoms with Gasteiger partial charge in [-0.2, -0.15) is 0 Å². The van der Waals surface area contributed by atoms with E-state index in [0.29, 0.717) is 29.2 Å². The molecule has 216 valence electrons. The molecule has 1 atom stereocenters. The average Bonchev–Trinajstić information content (AvgIpc) is 3.44. The van der Waals surface area contributed by atoms with Gasteiger partial charge in [-0.3, -0.25) is 13.9 Å². The summed E-state index contributed by atoms with van der Waals surface area (Å²) in [5.74, 6) is -0.224. The Kier molecular flexibility index (Phi) is 8.17. The van der Waals surface area contributed by atoms with Crippen LogP contribution in [0, 0.1) is 0 Å². The van der Waals surface area contributed by atoms with E-state index in [0.717, 1.165) is 11.1 Å². The number of carbonyl (C=O) groups is 2. The minimum atomic E-state index is -3.94. The molecule has 0 fully saturated rings. The first-order valence-corrected chi connectivity index (χ1v) is 14.9. The molecular formula is C32H32N4O5S. The van der Waals surface area contributed by atoms with Gasteiger partial charge in [0.2, 0.25) is 5.91 Å². The Bertz CT molecular complexity index is 1710. The number of benzene rings is 4. The quantitative estimate of drug-likeness (QED) is 0.287. The van der Waals surface area contributed by atoms with Gasteiger partial charge in [-0.15, -0.1) is 0 Å². The minimum Gasteiger partial charge on any atom is -0.497 e. The molecule has 2 amide bonds. The monoisotopic (exact) mass is 584 g/mol. The fraction of sp³-hybridized carbons (Fsp3) is 0.188. The Balaban J connectivity index is 1.39. The second-order valence-electron chi connectivity index (χ2n) is 10.1. The molecule has 3 N–H and O–H groups in total. The van der Waals surface area contributed by atoms with E-state index in [-0.39, 0.29) is 29.3 Å². The van der Waals surface area contributed by atoms with Gasteiger partial charge in [0.05, 0.1) is 17.7 Å². The maximum absolute atomic E-state index is 13.7. The fourth-order valence-corrected chi connectivity index (χ4v) is 6.57. The highest BCUT2D eigenvalue weighted by Crippen LogP contribution is 2.34. The predicted octanol–water partition coefficient (Wildman–Crippen LogP) is 4.03. The SMILES string of the molecule is COc1ccc(N(C)C(=O)[C@H](Cc2ccccc2)NC(=O)c2cccc(S(=O)(=O)N3CCc4cc(N)ccc43)c2)cc1. The summed E-state index contributed by atoms with van der Waals surface area (Å²) in [6.07, 6.45) is 0.794. The first kappa shape index (κ1) is 28.7. The number of sulfonamides is 1. The third-order valence-corrected chi connectivity index (χ3v) is 9.13. The number of fused-ring (bicyclic) bond motifs is 1. The summed E-state index contributed by atoms with van der Waals surface area (Å²) in [6, 6.07) is 26.5. The van der Waals surface area contributed by atoms with E-state index < -0.39 is 22.0 Å². The molecule has 1 aliphatic heterocycles. The lowest BCUT2D eigenvalue weighted by atomic mass is 10.0. The van der Waals surface area contributed by atoms with Crippen molar-refractivity contribution >= 4 is 38.9 Å². The van der Waals surface area contributed by atoms with Gasteiger partial charge >= 0.3 is 0 Å². The van der Waals surface area contributed by atoms with Crippen molar-refractivity contribution in [3.05, 3.63) is 114 Å². The molecule has 4 aromatic rings. The van der Waals surface area contributed by atoms with E-state index in [4.69, 9.17) is 10.5 Å². The first-order chi connectivity index (χ1) is 20.2. The van der Waals surface area contributed by atoms with Crippen LogP contribution < -0.4 is 25.0 Å². The van der Waals surface area contributed by atoms with Gasteiger partial charge in [0.25, 0.3) is 15.9 Å². The van der Waals surface area contributed by atoms with Crippen LogP contribution in [0.1, 0.15) is 21.5 Å².